The molecule has 0 spiro atoms. The van der Waals surface area contributed by atoms with Crippen molar-refractivity contribution in [3.63, 3.8) is 0 Å². The van der Waals surface area contributed by atoms with Crippen LogP contribution in [0.3, 0.4) is 0 Å². The molecular weight excluding hydrogens is 436 g/mol. The van der Waals surface area contributed by atoms with E-state index in [-0.39, 0.29) is 17.4 Å². The number of aromatic nitrogens is 6. The minimum absolute atomic E-state index is 0. The molecule has 164 valence electrons. The summed E-state index contributed by atoms with van der Waals surface area (Å²) in [6, 6.07) is 6.30. The van der Waals surface area contributed by atoms with E-state index in [0.717, 1.165) is 40.6 Å². The summed E-state index contributed by atoms with van der Waals surface area (Å²) in [5.74, 6) is -0.630. The molecule has 9 nitrogen and oxygen atoms in total. The second kappa shape index (κ2) is 13.5. The van der Waals surface area contributed by atoms with Crippen molar-refractivity contribution in [3.8, 4) is 0 Å². The fourth-order valence-corrected chi connectivity index (χ4v) is 3.69. The molecule has 0 aliphatic rings. The summed E-state index contributed by atoms with van der Waals surface area (Å²) in [4.78, 5) is 22.5. The number of rotatable bonds is 4. The van der Waals surface area contributed by atoms with E-state index in [9.17, 15) is 0 Å². The van der Waals surface area contributed by atoms with Crippen molar-refractivity contribution in [1.29, 1.82) is 0 Å². The maximum Gasteiger partial charge on any atom is 0.281 e. The molecule has 0 N–H and O–H groups in total. The van der Waals surface area contributed by atoms with E-state index in [1.807, 2.05) is 20.8 Å². The molecule has 0 saturated heterocycles. The van der Waals surface area contributed by atoms with Gasteiger partial charge in [0.1, 0.15) is 0 Å². The van der Waals surface area contributed by atoms with Crippen LogP contribution in [0.15, 0.2) is 18.2 Å². The first-order valence-electron chi connectivity index (χ1n) is 9.02. The van der Waals surface area contributed by atoms with E-state index >= 15 is 0 Å². The molecule has 31 heavy (non-hydrogen) atoms. The average molecular weight is 462 g/mol. The fourth-order valence-electron chi connectivity index (χ4n) is 3.69. The molecule has 0 amide bonds. The molecule has 0 fully saturated rings. The zero-order valence-corrected chi connectivity index (χ0v) is 20.0. The van der Waals surface area contributed by atoms with Crippen LogP contribution in [-0.2, 0) is 37.5 Å². The van der Waals surface area contributed by atoms with Crippen molar-refractivity contribution in [3.05, 3.63) is 52.4 Å². The number of nitrogens with zero attached hydrogens (tertiary/aromatic N) is 6. The Labute approximate surface area is 194 Å². The van der Waals surface area contributed by atoms with Crippen molar-refractivity contribution >= 4 is 20.4 Å². The summed E-state index contributed by atoms with van der Waals surface area (Å²) in [7, 11) is 0. The van der Waals surface area contributed by atoms with Crippen LogP contribution in [0.2, 0.25) is 0 Å². The normalized spacial score (nSPS) is 9.77. The van der Waals surface area contributed by atoms with Crippen molar-refractivity contribution in [2.24, 2.45) is 0 Å². The van der Waals surface area contributed by atoms with Gasteiger partial charge < -0.3 is 0 Å². The first-order valence-corrected chi connectivity index (χ1v) is 9.02. The summed E-state index contributed by atoms with van der Waals surface area (Å²) < 4.78 is 6.17. The Morgan fingerprint density at radius 2 is 0.871 bits per heavy atom. The largest absolute Gasteiger partial charge is 0.281 e. The predicted molar refractivity (Wildman–Crippen MR) is 111 cm³/mol. The van der Waals surface area contributed by atoms with Gasteiger partial charge >= 0.3 is 0 Å². The smallest absolute Gasteiger partial charge is 0.281 e. The monoisotopic (exact) mass is 462 g/mol. The molecule has 3 aromatic heterocycles. The summed E-state index contributed by atoms with van der Waals surface area (Å²) in [5.41, 5.74) is 6.26. The second-order valence-electron chi connectivity index (χ2n) is 6.64. The molecule has 0 atom stereocenters. The molecule has 3 aromatic rings. The third-order valence-corrected chi connectivity index (χ3v) is 4.52. The van der Waals surface area contributed by atoms with E-state index in [2.05, 4.69) is 80.3 Å². The van der Waals surface area contributed by atoms with Crippen molar-refractivity contribution < 1.29 is 31.7 Å². The Hall–Kier alpha value is -2.83. The Morgan fingerprint density at radius 3 is 1.00 bits per heavy atom. The standard InChI is InChI=1S/C18H26N6.3CO.Cr/c1-8-18(22-15(5)9-12(2)19-22,23-16(6)10-13(3)20-23)24-17(7)11-14(4)21-24;3*1-2;/h9-11H,8H2,1-7H3;;;;. The van der Waals surface area contributed by atoms with Crippen molar-refractivity contribution in [2.75, 3.05) is 0 Å². The predicted octanol–water partition coefficient (Wildman–Crippen LogP) is 2.05. The topological polar surface area (TPSA) is 105 Å². The van der Waals surface area contributed by atoms with Crippen LogP contribution in [0.1, 0.15) is 47.5 Å². The van der Waals surface area contributed by atoms with E-state index in [1.165, 1.54) is 0 Å². The quantitative estimate of drug-likeness (QED) is 0.588. The van der Waals surface area contributed by atoms with Crippen molar-refractivity contribution in [1.82, 2.24) is 29.3 Å². The molecule has 0 aromatic carbocycles. The van der Waals surface area contributed by atoms with Gasteiger partial charge in [-0.05, 0) is 59.7 Å². The molecule has 0 aliphatic heterocycles. The second-order valence-corrected chi connectivity index (χ2v) is 6.64. The van der Waals surface area contributed by atoms with Crippen LogP contribution in [0.5, 0.6) is 0 Å². The number of hydrogen-bond acceptors (Lipinski definition) is 6. The van der Waals surface area contributed by atoms with E-state index < -0.39 is 5.79 Å². The Morgan fingerprint density at radius 1 is 0.645 bits per heavy atom. The van der Waals surface area contributed by atoms with Gasteiger partial charge in [0.2, 0.25) is 5.79 Å². The molecule has 3 heterocycles. The number of carbonyl (C=O) groups excluding carboxylic acids is 3. The fraction of sp³-hybridized carbons (Fsp3) is 0.429. The summed E-state index contributed by atoms with van der Waals surface area (Å²) in [6.45, 7) is 28.0. The maximum absolute atomic E-state index is 7.50. The number of aryl methyl sites for hydroxylation is 6. The van der Waals surface area contributed by atoms with Crippen LogP contribution in [0.4, 0.5) is 0 Å². The Balaban J connectivity index is 0. The average Bonchev–Trinajstić information content (AvgIpc) is 3.38. The first kappa shape index (κ1) is 30.4. The SMILES string of the molecule is CCC(n1nc(C)cc1C)(n1nc(C)cc1C)n1nc(C)cc1C.[C]=O.[C]=O.[C]=O.[Cr]. The van der Waals surface area contributed by atoms with E-state index in [1.54, 1.807) is 0 Å². The van der Waals surface area contributed by atoms with Gasteiger partial charge in [-0.15, -0.1) is 0 Å². The Bertz CT molecular complexity index is 830. The van der Waals surface area contributed by atoms with Crippen LogP contribution >= 0.6 is 0 Å². The van der Waals surface area contributed by atoms with Gasteiger partial charge in [0.25, 0.3) is 20.4 Å². The summed E-state index contributed by atoms with van der Waals surface area (Å²) in [6.07, 6.45) is 0.777. The van der Waals surface area contributed by atoms with Gasteiger partial charge in [0.15, 0.2) is 0 Å². The zero-order valence-electron chi connectivity index (χ0n) is 18.8. The van der Waals surface area contributed by atoms with Gasteiger partial charge in [-0.2, -0.15) is 15.3 Å². The Kier molecular flexibility index (Phi) is 13.2. The van der Waals surface area contributed by atoms with Gasteiger partial charge in [0.05, 0.1) is 17.1 Å². The van der Waals surface area contributed by atoms with Gasteiger partial charge in [-0.1, -0.05) is 6.92 Å². The third kappa shape index (κ3) is 5.87. The molecule has 0 unspecified atom stereocenters. The van der Waals surface area contributed by atoms with Gasteiger partial charge in [-0.25, -0.2) is 14.0 Å². The zero-order chi connectivity index (χ0) is 23.6. The van der Waals surface area contributed by atoms with Crippen molar-refractivity contribution in [2.45, 2.75) is 60.7 Å². The molecule has 6 radical (unpaired) electrons. The molecule has 10 heteroatoms. The van der Waals surface area contributed by atoms with Crippen LogP contribution in [-0.4, -0.2) is 49.7 Å². The maximum atomic E-state index is 7.50. The first-order chi connectivity index (χ1) is 14.3. The summed E-state index contributed by atoms with van der Waals surface area (Å²) in [5, 5.41) is 14.4. The minimum atomic E-state index is -0.630. The van der Waals surface area contributed by atoms with Crippen LogP contribution < -0.4 is 0 Å². The van der Waals surface area contributed by atoms with E-state index in [4.69, 9.17) is 29.7 Å². The molecule has 0 aliphatic carbocycles. The third-order valence-electron chi connectivity index (χ3n) is 4.52. The molecular formula is C21H26CrN6O3. The molecule has 0 saturated carbocycles. The minimum Gasteiger partial charge on any atom is -0.281 e. The van der Waals surface area contributed by atoms with Gasteiger partial charge in [0, 0.05) is 40.9 Å². The summed E-state index contributed by atoms with van der Waals surface area (Å²) >= 11 is 0. The number of hydrogen-bond donors (Lipinski definition) is 0. The molecule has 3 rings (SSSR count). The van der Waals surface area contributed by atoms with Crippen LogP contribution in [0, 0.1) is 41.5 Å². The van der Waals surface area contributed by atoms with Gasteiger partial charge in [-0.3, -0.25) is 14.4 Å². The molecule has 0 bridgehead atoms. The van der Waals surface area contributed by atoms with E-state index in [0.29, 0.717) is 0 Å². The van der Waals surface area contributed by atoms with Crippen LogP contribution in [0.25, 0.3) is 0 Å².